The zero-order chi connectivity index (χ0) is 14.4. The molecular formula is C12H14BrFN4O2. The standard InChI is InChI=1S/C12H14BrFN4O2/c1-19-5-4-15-7-11-17-18-12(20-11)16-8-2-3-10(14)9(13)6-8/h2-3,6,15H,4-5,7H2,1H3,(H,16,18). The van der Waals surface area contributed by atoms with Crippen molar-refractivity contribution in [3.8, 4) is 0 Å². The van der Waals surface area contributed by atoms with Gasteiger partial charge in [0.1, 0.15) is 5.82 Å². The number of nitrogens with one attached hydrogen (secondary N) is 2. The highest BCUT2D eigenvalue weighted by atomic mass is 79.9. The van der Waals surface area contributed by atoms with E-state index in [1.54, 1.807) is 19.2 Å². The van der Waals surface area contributed by atoms with Gasteiger partial charge in [0, 0.05) is 19.3 Å². The fourth-order valence-electron chi connectivity index (χ4n) is 1.44. The Kier molecular flexibility index (Phi) is 5.45. The summed E-state index contributed by atoms with van der Waals surface area (Å²) in [6.45, 7) is 1.78. The van der Waals surface area contributed by atoms with Crippen molar-refractivity contribution >= 4 is 27.6 Å². The van der Waals surface area contributed by atoms with Crippen LogP contribution in [0.3, 0.4) is 0 Å². The summed E-state index contributed by atoms with van der Waals surface area (Å²) in [6, 6.07) is 4.78. The molecule has 108 valence electrons. The number of halogens is 2. The molecule has 0 aliphatic rings. The molecule has 0 atom stereocenters. The van der Waals surface area contributed by atoms with Crippen molar-refractivity contribution in [2.75, 3.05) is 25.6 Å². The Balaban J connectivity index is 1.90. The van der Waals surface area contributed by atoms with Crippen LogP contribution in [0.1, 0.15) is 5.89 Å². The minimum atomic E-state index is -0.330. The van der Waals surface area contributed by atoms with Crippen LogP contribution in [0.5, 0.6) is 0 Å². The second kappa shape index (κ2) is 7.32. The van der Waals surface area contributed by atoms with Gasteiger partial charge in [-0.15, -0.1) is 5.10 Å². The zero-order valence-corrected chi connectivity index (χ0v) is 12.4. The molecule has 0 spiro atoms. The molecule has 0 saturated carbocycles. The first-order valence-electron chi connectivity index (χ1n) is 5.93. The van der Waals surface area contributed by atoms with E-state index in [-0.39, 0.29) is 11.8 Å². The molecule has 1 aromatic carbocycles. The van der Waals surface area contributed by atoms with Gasteiger partial charge in [-0.05, 0) is 34.1 Å². The fourth-order valence-corrected chi connectivity index (χ4v) is 1.82. The molecule has 0 saturated heterocycles. The summed E-state index contributed by atoms with van der Waals surface area (Å²) in [6.07, 6.45) is 0. The van der Waals surface area contributed by atoms with Crippen LogP contribution in [-0.4, -0.2) is 30.5 Å². The van der Waals surface area contributed by atoms with Crippen LogP contribution in [0.2, 0.25) is 0 Å². The first-order valence-corrected chi connectivity index (χ1v) is 6.72. The Morgan fingerprint density at radius 3 is 3.00 bits per heavy atom. The lowest BCUT2D eigenvalue weighted by atomic mass is 10.3. The smallest absolute Gasteiger partial charge is 0.320 e. The van der Waals surface area contributed by atoms with Gasteiger partial charge >= 0.3 is 6.01 Å². The summed E-state index contributed by atoms with van der Waals surface area (Å²) >= 11 is 3.11. The molecule has 0 fully saturated rings. The average molecular weight is 345 g/mol. The Hall–Kier alpha value is -1.51. The third kappa shape index (κ3) is 4.26. The van der Waals surface area contributed by atoms with E-state index in [0.717, 1.165) is 0 Å². The van der Waals surface area contributed by atoms with Gasteiger partial charge in [0.25, 0.3) is 0 Å². The van der Waals surface area contributed by atoms with E-state index in [0.29, 0.717) is 35.7 Å². The Bertz CT molecular complexity index is 564. The van der Waals surface area contributed by atoms with Gasteiger partial charge < -0.3 is 19.8 Å². The molecular weight excluding hydrogens is 331 g/mol. The largest absolute Gasteiger partial charge is 0.406 e. The number of benzene rings is 1. The third-order valence-corrected chi connectivity index (χ3v) is 3.00. The van der Waals surface area contributed by atoms with E-state index < -0.39 is 0 Å². The predicted molar refractivity (Wildman–Crippen MR) is 75.3 cm³/mol. The fraction of sp³-hybridized carbons (Fsp3) is 0.333. The Morgan fingerprint density at radius 1 is 1.40 bits per heavy atom. The van der Waals surface area contributed by atoms with Crippen LogP contribution in [0, 0.1) is 5.82 Å². The molecule has 8 heteroatoms. The van der Waals surface area contributed by atoms with E-state index in [2.05, 4.69) is 36.8 Å². The van der Waals surface area contributed by atoms with Gasteiger partial charge in [-0.2, -0.15) is 0 Å². The molecule has 0 aliphatic heterocycles. The number of methoxy groups -OCH3 is 1. The van der Waals surface area contributed by atoms with Crippen molar-refractivity contribution in [1.82, 2.24) is 15.5 Å². The molecule has 1 heterocycles. The summed E-state index contributed by atoms with van der Waals surface area (Å²) in [4.78, 5) is 0. The molecule has 0 bridgehead atoms. The van der Waals surface area contributed by atoms with Gasteiger partial charge in [-0.3, -0.25) is 0 Å². The summed E-state index contributed by atoms with van der Waals surface area (Å²) in [5.41, 5.74) is 0.654. The first kappa shape index (κ1) is 14.9. The number of nitrogens with zero attached hydrogens (tertiary/aromatic N) is 2. The Labute approximate surface area is 123 Å². The lowest BCUT2D eigenvalue weighted by molar-refractivity contribution is 0.198. The van der Waals surface area contributed by atoms with Gasteiger partial charge in [-0.25, -0.2) is 4.39 Å². The number of hydrogen-bond acceptors (Lipinski definition) is 6. The molecule has 1 aromatic heterocycles. The quantitative estimate of drug-likeness (QED) is 0.751. The molecule has 20 heavy (non-hydrogen) atoms. The molecule has 6 nitrogen and oxygen atoms in total. The molecule has 0 amide bonds. The SMILES string of the molecule is COCCNCc1nnc(Nc2ccc(F)c(Br)c2)o1. The van der Waals surface area contributed by atoms with Crippen molar-refractivity contribution in [3.63, 3.8) is 0 Å². The number of anilines is 2. The second-order valence-corrected chi connectivity index (χ2v) is 4.78. The highest BCUT2D eigenvalue weighted by Gasteiger charge is 2.07. The first-order chi connectivity index (χ1) is 9.69. The Morgan fingerprint density at radius 2 is 2.25 bits per heavy atom. The minimum Gasteiger partial charge on any atom is -0.406 e. The van der Waals surface area contributed by atoms with Crippen LogP contribution in [0.15, 0.2) is 27.1 Å². The lowest BCUT2D eigenvalue weighted by Crippen LogP contribution is -2.18. The molecule has 2 N–H and O–H groups in total. The molecule has 0 unspecified atom stereocenters. The van der Waals surface area contributed by atoms with Crippen LogP contribution in [-0.2, 0) is 11.3 Å². The van der Waals surface area contributed by atoms with Gasteiger partial charge in [0.05, 0.1) is 17.6 Å². The zero-order valence-electron chi connectivity index (χ0n) is 10.8. The maximum absolute atomic E-state index is 13.1. The summed E-state index contributed by atoms with van der Waals surface area (Å²) in [5.74, 6) is 0.133. The third-order valence-electron chi connectivity index (χ3n) is 2.40. The van der Waals surface area contributed by atoms with Crippen molar-refractivity contribution in [2.24, 2.45) is 0 Å². The summed E-state index contributed by atoms with van der Waals surface area (Å²) in [7, 11) is 1.64. The van der Waals surface area contributed by atoms with Crippen molar-refractivity contribution in [2.45, 2.75) is 6.54 Å². The monoisotopic (exact) mass is 344 g/mol. The lowest BCUT2D eigenvalue weighted by Gasteiger charge is -2.02. The number of rotatable bonds is 7. The van der Waals surface area contributed by atoms with E-state index >= 15 is 0 Å². The number of ether oxygens (including phenoxy) is 1. The highest BCUT2D eigenvalue weighted by Crippen LogP contribution is 2.22. The second-order valence-electron chi connectivity index (χ2n) is 3.92. The summed E-state index contributed by atoms with van der Waals surface area (Å²) in [5, 5.41) is 13.7. The van der Waals surface area contributed by atoms with E-state index in [1.165, 1.54) is 6.07 Å². The minimum absolute atomic E-state index is 0.257. The summed E-state index contributed by atoms with van der Waals surface area (Å²) < 4.78 is 23.8. The maximum atomic E-state index is 13.1. The van der Waals surface area contributed by atoms with Crippen molar-refractivity contribution in [1.29, 1.82) is 0 Å². The number of hydrogen-bond donors (Lipinski definition) is 2. The average Bonchev–Trinajstić information content (AvgIpc) is 2.87. The van der Waals surface area contributed by atoms with Crippen LogP contribution in [0.25, 0.3) is 0 Å². The predicted octanol–water partition coefficient (Wildman–Crippen LogP) is 2.45. The van der Waals surface area contributed by atoms with Gasteiger partial charge in [0.2, 0.25) is 5.89 Å². The normalized spacial score (nSPS) is 10.8. The van der Waals surface area contributed by atoms with E-state index in [4.69, 9.17) is 9.15 Å². The van der Waals surface area contributed by atoms with Crippen LogP contribution in [0.4, 0.5) is 16.1 Å². The van der Waals surface area contributed by atoms with Crippen molar-refractivity contribution in [3.05, 3.63) is 34.4 Å². The van der Waals surface area contributed by atoms with Gasteiger partial charge in [-0.1, -0.05) is 5.10 Å². The topological polar surface area (TPSA) is 72.2 Å². The molecule has 2 aromatic rings. The molecule has 2 rings (SSSR count). The van der Waals surface area contributed by atoms with Crippen LogP contribution >= 0.6 is 15.9 Å². The van der Waals surface area contributed by atoms with Gasteiger partial charge in [0.15, 0.2) is 0 Å². The van der Waals surface area contributed by atoms with Crippen LogP contribution < -0.4 is 10.6 Å². The maximum Gasteiger partial charge on any atom is 0.320 e. The van der Waals surface area contributed by atoms with E-state index in [9.17, 15) is 4.39 Å². The van der Waals surface area contributed by atoms with E-state index in [1.807, 2.05) is 0 Å². The molecule has 0 radical (unpaired) electrons. The number of aromatic nitrogens is 2. The van der Waals surface area contributed by atoms with Crippen molar-refractivity contribution < 1.29 is 13.5 Å². The highest BCUT2D eigenvalue weighted by molar-refractivity contribution is 9.10. The molecule has 0 aliphatic carbocycles.